The summed E-state index contributed by atoms with van der Waals surface area (Å²) in [7, 11) is -3.21. The molecule has 2 aromatic carbocycles. The van der Waals surface area contributed by atoms with E-state index < -0.39 is 9.84 Å². The van der Waals surface area contributed by atoms with E-state index in [4.69, 9.17) is 0 Å². The number of carbonyl (C=O) groups is 1. The highest BCUT2D eigenvalue weighted by Crippen LogP contribution is 2.23. The van der Waals surface area contributed by atoms with Crippen molar-refractivity contribution in [1.82, 2.24) is 5.32 Å². The third-order valence-electron chi connectivity index (χ3n) is 4.26. The summed E-state index contributed by atoms with van der Waals surface area (Å²) in [5, 5.41) is 3.05. The fraction of sp³-hybridized carbons (Fsp3) is 0.350. The van der Waals surface area contributed by atoms with E-state index in [1.807, 2.05) is 37.3 Å². The lowest BCUT2D eigenvalue weighted by Gasteiger charge is -2.21. The summed E-state index contributed by atoms with van der Waals surface area (Å²) < 4.78 is 23.1. The van der Waals surface area contributed by atoms with Crippen molar-refractivity contribution in [2.75, 3.05) is 6.26 Å². The third kappa shape index (κ3) is 5.16. The van der Waals surface area contributed by atoms with Gasteiger partial charge in [-0.3, -0.25) is 4.79 Å². The van der Waals surface area contributed by atoms with E-state index in [0.717, 1.165) is 24.0 Å². The molecular formula is C20H25NO3S. The first-order chi connectivity index (χ1) is 11.8. The molecule has 0 fully saturated rings. The topological polar surface area (TPSA) is 63.2 Å². The summed E-state index contributed by atoms with van der Waals surface area (Å²) in [6.07, 6.45) is 2.89. The number of nitrogens with one attached hydrogen (secondary N) is 1. The molecule has 4 nitrogen and oxygen atoms in total. The molecule has 0 unspecified atom stereocenters. The largest absolute Gasteiger partial charge is 0.349 e. The van der Waals surface area contributed by atoms with E-state index in [-0.39, 0.29) is 22.8 Å². The zero-order chi connectivity index (χ0) is 18.4. The second-order valence-corrected chi connectivity index (χ2v) is 8.34. The van der Waals surface area contributed by atoms with E-state index >= 15 is 0 Å². The van der Waals surface area contributed by atoms with Crippen LogP contribution in [0.4, 0.5) is 0 Å². The maximum Gasteiger partial charge on any atom is 0.228 e. The number of rotatable bonds is 7. The van der Waals surface area contributed by atoms with Gasteiger partial charge in [0.1, 0.15) is 0 Å². The van der Waals surface area contributed by atoms with Gasteiger partial charge in [0, 0.05) is 6.26 Å². The predicted molar refractivity (Wildman–Crippen MR) is 100 cm³/mol. The molecule has 134 valence electrons. The first-order valence-corrected chi connectivity index (χ1v) is 10.4. The van der Waals surface area contributed by atoms with Gasteiger partial charge in [-0.1, -0.05) is 55.8 Å². The molecule has 2 atom stereocenters. The summed E-state index contributed by atoms with van der Waals surface area (Å²) in [5.41, 5.74) is 1.89. The standard InChI is InChI=1S/C20H25NO3S/c1-4-8-19(17-9-6-5-7-10-17)20(22)21-15(2)16-11-13-18(14-12-16)25(3,23)24/h5-7,9-15,19H,4,8H2,1-3H3,(H,21,22)/t15-,19+/m1/s1. The van der Waals surface area contributed by atoms with Crippen molar-refractivity contribution >= 4 is 15.7 Å². The molecule has 0 aliphatic carbocycles. The van der Waals surface area contributed by atoms with Gasteiger partial charge >= 0.3 is 0 Å². The second kappa shape index (κ2) is 8.30. The van der Waals surface area contributed by atoms with Crippen LogP contribution >= 0.6 is 0 Å². The molecule has 2 rings (SSSR count). The van der Waals surface area contributed by atoms with Crippen LogP contribution in [0, 0.1) is 0 Å². The zero-order valence-electron chi connectivity index (χ0n) is 14.9. The minimum Gasteiger partial charge on any atom is -0.349 e. The Morgan fingerprint density at radius 3 is 2.12 bits per heavy atom. The quantitative estimate of drug-likeness (QED) is 0.817. The molecular weight excluding hydrogens is 334 g/mol. The first-order valence-electron chi connectivity index (χ1n) is 8.48. The first kappa shape index (κ1) is 19.2. The Labute approximate surface area is 150 Å². The zero-order valence-corrected chi connectivity index (χ0v) is 15.7. The van der Waals surface area contributed by atoms with Crippen molar-refractivity contribution in [2.45, 2.75) is 43.5 Å². The van der Waals surface area contributed by atoms with Gasteiger partial charge < -0.3 is 5.32 Å². The third-order valence-corrected chi connectivity index (χ3v) is 5.39. The lowest BCUT2D eigenvalue weighted by atomic mass is 9.93. The molecule has 0 heterocycles. The van der Waals surface area contributed by atoms with Crippen molar-refractivity contribution < 1.29 is 13.2 Å². The number of amides is 1. The van der Waals surface area contributed by atoms with Crippen LogP contribution < -0.4 is 5.32 Å². The number of sulfone groups is 1. The Bertz CT molecular complexity index is 799. The molecule has 2 aromatic rings. The van der Waals surface area contributed by atoms with Gasteiger partial charge in [-0.2, -0.15) is 0 Å². The molecule has 0 aliphatic rings. The molecule has 0 saturated heterocycles. The van der Waals surface area contributed by atoms with Crippen LogP contribution in [0.3, 0.4) is 0 Å². The smallest absolute Gasteiger partial charge is 0.228 e. The Balaban J connectivity index is 2.12. The van der Waals surface area contributed by atoms with Gasteiger partial charge in [0.2, 0.25) is 5.91 Å². The van der Waals surface area contributed by atoms with Crippen molar-refractivity contribution in [3.05, 3.63) is 65.7 Å². The van der Waals surface area contributed by atoms with Crippen LogP contribution in [0.25, 0.3) is 0 Å². The Morgan fingerprint density at radius 2 is 1.60 bits per heavy atom. The van der Waals surface area contributed by atoms with Crippen molar-refractivity contribution in [1.29, 1.82) is 0 Å². The van der Waals surface area contributed by atoms with Crippen molar-refractivity contribution in [3.63, 3.8) is 0 Å². The maximum absolute atomic E-state index is 12.7. The predicted octanol–water partition coefficient (Wildman–Crippen LogP) is 3.85. The van der Waals surface area contributed by atoms with Gasteiger partial charge in [-0.15, -0.1) is 0 Å². The van der Waals surface area contributed by atoms with Crippen LogP contribution in [0.5, 0.6) is 0 Å². The highest BCUT2D eigenvalue weighted by molar-refractivity contribution is 7.90. The van der Waals surface area contributed by atoms with Gasteiger partial charge in [-0.05, 0) is 36.6 Å². The molecule has 0 spiro atoms. The van der Waals surface area contributed by atoms with E-state index in [2.05, 4.69) is 12.2 Å². The number of hydrogen-bond donors (Lipinski definition) is 1. The summed E-state index contributed by atoms with van der Waals surface area (Å²) >= 11 is 0. The average molecular weight is 359 g/mol. The number of carbonyl (C=O) groups excluding carboxylic acids is 1. The minimum atomic E-state index is -3.21. The summed E-state index contributed by atoms with van der Waals surface area (Å²) in [6.45, 7) is 3.97. The van der Waals surface area contributed by atoms with Crippen LogP contribution in [0.15, 0.2) is 59.5 Å². The van der Waals surface area contributed by atoms with E-state index in [0.29, 0.717) is 0 Å². The van der Waals surface area contributed by atoms with Gasteiger partial charge in [0.25, 0.3) is 0 Å². The van der Waals surface area contributed by atoms with Crippen molar-refractivity contribution in [2.24, 2.45) is 0 Å². The number of hydrogen-bond acceptors (Lipinski definition) is 3. The molecule has 0 aromatic heterocycles. The SMILES string of the molecule is CCC[C@H](C(=O)N[C@H](C)c1ccc(S(C)(=O)=O)cc1)c1ccccc1. The molecule has 0 saturated carbocycles. The Kier molecular flexibility index (Phi) is 6.37. The Hall–Kier alpha value is -2.14. The summed E-state index contributed by atoms with van der Waals surface area (Å²) in [6, 6.07) is 16.2. The molecule has 25 heavy (non-hydrogen) atoms. The molecule has 0 radical (unpaired) electrons. The molecule has 1 amide bonds. The highest BCUT2D eigenvalue weighted by Gasteiger charge is 2.21. The van der Waals surface area contributed by atoms with Crippen LogP contribution in [-0.4, -0.2) is 20.6 Å². The Morgan fingerprint density at radius 1 is 1.00 bits per heavy atom. The van der Waals surface area contributed by atoms with Crippen LogP contribution in [0.2, 0.25) is 0 Å². The second-order valence-electron chi connectivity index (χ2n) is 6.32. The van der Waals surface area contributed by atoms with Gasteiger partial charge in [-0.25, -0.2) is 8.42 Å². The summed E-state index contributed by atoms with van der Waals surface area (Å²) in [5.74, 6) is -0.184. The fourth-order valence-electron chi connectivity index (χ4n) is 2.82. The van der Waals surface area contributed by atoms with E-state index in [1.165, 1.54) is 6.26 Å². The average Bonchev–Trinajstić information content (AvgIpc) is 2.59. The lowest BCUT2D eigenvalue weighted by Crippen LogP contribution is -2.31. The summed E-state index contributed by atoms with van der Waals surface area (Å²) in [4.78, 5) is 13.0. The molecule has 1 N–H and O–H groups in total. The minimum absolute atomic E-state index is 0.00672. The lowest BCUT2D eigenvalue weighted by molar-refractivity contribution is -0.123. The van der Waals surface area contributed by atoms with Crippen LogP contribution in [0.1, 0.15) is 49.8 Å². The maximum atomic E-state index is 12.7. The van der Waals surface area contributed by atoms with Gasteiger partial charge in [0.15, 0.2) is 9.84 Å². The fourth-order valence-corrected chi connectivity index (χ4v) is 3.45. The van der Waals surface area contributed by atoms with E-state index in [9.17, 15) is 13.2 Å². The van der Waals surface area contributed by atoms with Crippen molar-refractivity contribution in [3.8, 4) is 0 Å². The van der Waals surface area contributed by atoms with Crippen LogP contribution in [-0.2, 0) is 14.6 Å². The molecule has 0 bridgehead atoms. The monoisotopic (exact) mass is 359 g/mol. The highest BCUT2D eigenvalue weighted by atomic mass is 32.2. The molecule has 0 aliphatic heterocycles. The number of benzene rings is 2. The normalized spacial score (nSPS) is 13.9. The van der Waals surface area contributed by atoms with Gasteiger partial charge in [0.05, 0.1) is 16.9 Å². The van der Waals surface area contributed by atoms with E-state index in [1.54, 1.807) is 24.3 Å². The molecule has 5 heteroatoms.